The van der Waals surface area contributed by atoms with Crippen LogP contribution in [0.2, 0.25) is 0 Å². The van der Waals surface area contributed by atoms with Crippen molar-refractivity contribution >= 4 is 94.5 Å². The lowest BCUT2D eigenvalue weighted by Gasteiger charge is -2.27. The maximum atomic E-state index is 12.7. The van der Waals surface area contributed by atoms with Gasteiger partial charge >= 0.3 is 17.9 Å². The lowest BCUT2D eigenvalue weighted by molar-refractivity contribution is -0.145. The highest BCUT2D eigenvalue weighted by Gasteiger charge is 2.53. The average molecular weight is 775 g/mol. The summed E-state index contributed by atoms with van der Waals surface area (Å²) in [5.41, 5.74) is 0. The number of carboxylic acid groups (broad SMARTS) is 3. The molecule has 272 valence electrons. The fourth-order valence-electron chi connectivity index (χ4n) is 5.17. The molecule has 4 N–H and O–H groups in total. The minimum absolute atomic E-state index is 0. The molecule has 1 atom stereocenters. The van der Waals surface area contributed by atoms with Crippen LogP contribution in [0, 0.1) is 5.92 Å². The van der Waals surface area contributed by atoms with Gasteiger partial charge in [-0.25, -0.2) is 0 Å². The van der Waals surface area contributed by atoms with Crippen LogP contribution in [0.4, 0.5) is 0 Å². The van der Waals surface area contributed by atoms with Gasteiger partial charge in [-0.1, -0.05) is 127 Å². The second kappa shape index (κ2) is 25.4. The van der Waals surface area contributed by atoms with E-state index in [0.717, 1.165) is 38.5 Å². The standard InChI is InChI=1S/C31H52N2O8S6.H2/c34-25(32-21-16-15-17-24(29(40)41)30-42-44-31(45-43-30)46-47-31)20-22-33(23-28(38)39)26(35)18-13-11-9-7-5-3-1-2-4-6-8-10-12-14-19-27(36)37;/h24,30H,1-23H2,(H,32,34)(H,36,37)(H,38,39)(H,40,41);1H/t24-;/m0./s1. The summed E-state index contributed by atoms with van der Waals surface area (Å²) < 4.78 is 0.134. The molecule has 2 heterocycles. The maximum absolute atomic E-state index is 12.7. The van der Waals surface area contributed by atoms with E-state index in [1.165, 1.54) is 49.8 Å². The number of hydrogen-bond acceptors (Lipinski definition) is 11. The molecule has 2 amide bonds. The van der Waals surface area contributed by atoms with E-state index in [1.54, 1.807) is 43.2 Å². The molecule has 0 aromatic heterocycles. The topological polar surface area (TPSA) is 161 Å². The molecule has 2 fully saturated rings. The van der Waals surface area contributed by atoms with Gasteiger partial charge in [0.15, 0.2) is 2.74 Å². The van der Waals surface area contributed by atoms with Crippen LogP contribution in [0.25, 0.3) is 0 Å². The zero-order valence-electron chi connectivity index (χ0n) is 27.2. The van der Waals surface area contributed by atoms with Crippen molar-refractivity contribution in [3.05, 3.63) is 0 Å². The van der Waals surface area contributed by atoms with Crippen molar-refractivity contribution in [2.75, 3.05) is 19.6 Å². The van der Waals surface area contributed by atoms with Crippen molar-refractivity contribution in [1.29, 1.82) is 0 Å². The third-order valence-corrected chi connectivity index (χ3v) is 21.8. The normalized spacial score (nSPS) is 16.1. The molecule has 0 aromatic rings. The molecule has 2 aliphatic rings. The van der Waals surface area contributed by atoms with Crippen LogP contribution in [-0.2, 0) is 24.0 Å². The fraction of sp³-hybridized carbons (Fsp3) is 0.839. The van der Waals surface area contributed by atoms with Gasteiger partial charge in [0.2, 0.25) is 11.8 Å². The highest BCUT2D eigenvalue weighted by molar-refractivity contribution is 9.14. The Morgan fingerprint density at radius 2 is 1.15 bits per heavy atom. The molecule has 0 saturated carbocycles. The largest absolute Gasteiger partial charge is 0.481 e. The smallest absolute Gasteiger partial charge is 0.323 e. The minimum atomic E-state index is -1.10. The van der Waals surface area contributed by atoms with Crippen molar-refractivity contribution in [3.63, 3.8) is 0 Å². The van der Waals surface area contributed by atoms with Gasteiger partial charge in [0, 0.05) is 33.8 Å². The van der Waals surface area contributed by atoms with Gasteiger partial charge in [0.05, 0.1) is 10.5 Å². The first-order valence-electron chi connectivity index (χ1n) is 16.9. The number of carboxylic acids is 3. The second-order valence-electron chi connectivity index (χ2n) is 12.0. The Bertz CT molecular complexity index is 971. The lowest BCUT2D eigenvalue weighted by Crippen LogP contribution is -2.38. The Balaban J connectivity index is 0.0000115. The molecule has 0 aromatic carbocycles. The van der Waals surface area contributed by atoms with Crippen LogP contribution in [0.15, 0.2) is 0 Å². The van der Waals surface area contributed by atoms with Gasteiger partial charge in [-0.3, -0.25) is 24.0 Å². The molecule has 0 bridgehead atoms. The Morgan fingerprint density at radius 1 is 0.638 bits per heavy atom. The molecule has 2 saturated heterocycles. The van der Waals surface area contributed by atoms with Crippen LogP contribution in [0.1, 0.15) is 130 Å². The van der Waals surface area contributed by atoms with Crippen LogP contribution < -0.4 is 5.32 Å². The van der Waals surface area contributed by atoms with Gasteiger partial charge in [-0.15, -0.1) is 0 Å². The number of nitrogens with zero attached hydrogens (tertiary/aromatic N) is 1. The van der Waals surface area contributed by atoms with E-state index >= 15 is 0 Å². The predicted molar refractivity (Wildman–Crippen MR) is 203 cm³/mol. The molecular formula is C31H54N2O8S6. The third-order valence-electron chi connectivity index (χ3n) is 7.94. The predicted octanol–water partition coefficient (Wildman–Crippen LogP) is 8.96. The second-order valence-corrected chi connectivity index (χ2v) is 21.5. The summed E-state index contributed by atoms with van der Waals surface area (Å²) in [4.78, 5) is 60.0. The first kappa shape index (κ1) is 42.6. The molecule has 10 nitrogen and oxygen atoms in total. The Labute approximate surface area is 305 Å². The molecule has 16 heteroatoms. The number of unbranched alkanes of at least 4 members (excludes halogenated alkanes) is 14. The molecule has 1 spiro atoms. The quantitative estimate of drug-likeness (QED) is 0.0324. The minimum Gasteiger partial charge on any atom is -0.481 e. The number of aliphatic carboxylic acids is 3. The number of nitrogens with one attached hydrogen (secondary N) is 1. The number of carbonyl (C=O) groups is 5. The molecule has 0 radical (unpaired) electrons. The molecular weight excluding hydrogens is 721 g/mol. The van der Waals surface area contributed by atoms with Gasteiger partial charge in [0.25, 0.3) is 0 Å². The fourth-order valence-corrected chi connectivity index (χ4v) is 19.0. The Hall–Kier alpha value is -0.550. The maximum Gasteiger partial charge on any atom is 0.323 e. The number of amides is 2. The van der Waals surface area contributed by atoms with E-state index in [9.17, 15) is 34.2 Å². The molecule has 0 unspecified atom stereocenters. The van der Waals surface area contributed by atoms with E-state index in [1.807, 2.05) is 21.6 Å². The van der Waals surface area contributed by atoms with Crippen molar-refractivity contribution in [1.82, 2.24) is 10.2 Å². The van der Waals surface area contributed by atoms with E-state index < -0.39 is 30.4 Å². The van der Waals surface area contributed by atoms with Crippen molar-refractivity contribution in [2.45, 2.75) is 136 Å². The highest BCUT2D eigenvalue weighted by Crippen LogP contribution is 2.84. The van der Waals surface area contributed by atoms with Crippen molar-refractivity contribution in [2.24, 2.45) is 5.92 Å². The summed E-state index contributed by atoms with van der Waals surface area (Å²) >= 11 is 0. The number of rotatable bonds is 29. The van der Waals surface area contributed by atoms with Crippen molar-refractivity contribution in [3.8, 4) is 0 Å². The van der Waals surface area contributed by atoms with Crippen LogP contribution in [-0.4, -0.2) is 76.9 Å². The molecule has 47 heavy (non-hydrogen) atoms. The van der Waals surface area contributed by atoms with Crippen LogP contribution in [0.3, 0.4) is 0 Å². The zero-order valence-corrected chi connectivity index (χ0v) is 32.1. The summed E-state index contributed by atoms with van der Waals surface area (Å²) in [5.74, 6) is -3.51. The lowest BCUT2D eigenvalue weighted by atomic mass is 10.0. The van der Waals surface area contributed by atoms with Gasteiger partial charge in [-0.2, -0.15) is 0 Å². The first-order chi connectivity index (χ1) is 22.6. The summed E-state index contributed by atoms with van der Waals surface area (Å²) in [7, 11) is 10.4. The first-order valence-corrected chi connectivity index (χ1v) is 23.5. The Morgan fingerprint density at radius 3 is 1.62 bits per heavy atom. The average Bonchev–Trinajstić information content (AvgIpc) is 3.79. The van der Waals surface area contributed by atoms with Gasteiger partial charge in [-0.05, 0) is 47.3 Å². The molecule has 2 rings (SSSR count). The van der Waals surface area contributed by atoms with E-state index in [-0.39, 0.29) is 46.4 Å². The zero-order chi connectivity index (χ0) is 34.3. The van der Waals surface area contributed by atoms with Gasteiger partial charge < -0.3 is 25.5 Å². The molecule has 2 aliphatic heterocycles. The number of hydrogen-bond donors (Lipinski definition) is 4. The third kappa shape index (κ3) is 20.7. The van der Waals surface area contributed by atoms with Crippen LogP contribution >= 0.6 is 64.8 Å². The monoisotopic (exact) mass is 774 g/mol. The number of carbonyl (C=O) groups excluding carboxylic acids is 2. The molecule has 0 aliphatic carbocycles. The highest BCUT2D eigenvalue weighted by atomic mass is 33.2. The summed E-state index contributed by atoms with van der Waals surface area (Å²) in [5, 5.41) is 30.4. The van der Waals surface area contributed by atoms with Crippen LogP contribution in [0.5, 0.6) is 0 Å². The SMILES string of the molecule is O=C(O)CCCCCCCCCCCCCCCCC(=O)N(CCC(=O)NCCCC[C@@H](C(=O)O)C1SSC2(SS1)SS2)CC(=O)O.[HH]. The van der Waals surface area contributed by atoms with E-state index in [4.69, 9.17) is 5.11 Å². The summed E-state index contributed by atoms with van der Waals surface area (Å²) in [6.45, 7) is 0.0619. The van der Waals surface area contributed by atoms with Crippen molar-refractivity contribution < 1.29 is 40.7 Å². The Kier molecular flexibility index (Phi) is 23.0. The summed E-state index contributed by atoms with van der Waals surface area (Å²) in [6.07, 6.45) is 17.7. The van der Waals surface area contributed by atoms with E-state index in [2.05, 4.69) is 5.32 Å². The summed E-state index contributed by atoms with van der Waals surface area (Å²) in [6, 6.07) is 0. The van der Waals surface area contributed by atoms with E-state index in [0.29, 0.717) is 32.2 Å². The van der Waals surface area contributed by atoms with Gasteiger partial charge in [0.1, 0.15) is 6.54 Å².